The van der Waals surface area contributed by atoms with Gasteiger partial charge >= 0.3 is 0 Å². The van der Waals surface area contributed by atoms with Crippen molar-refractivity contribution in [3.63, 3.8) is 0 Å². The first-order valence-electron chi connectivity index (χ1n) is 7.30. The van der Waals surface area contributed by atoms with E-state index in [1.165, 1.54) is 0 Å². The molecule has 108 valence electrons. The molecule has 1 heterocycles. The second-order valence-electron chi connectivity index (χ2n) is 5.12. The number of aryl methyl sites for hydroxylation is 1. The van der Waals surface area contributed by atoms with E-state index in [1.807, 2.05) is 48.5 Å². The molecule has 3 rings (SSSR count). The van der Waals surface area contributed by atoms with Gasteiger partial charge in [0.2, 0.25) is 0 Å². The molecule has 0 amide bonds. The number of fused-ring (bicyclic) bond motifs is 1. The van der Waals surface area contributed by atoms with Gasteiger partial charge in [0.1, 0.15) is 0 Å². The van der Waals surface area contributed by atoms with E-state index in [0.29, 0.717) is 26.1 Å². The molecule has 1 aliphatic heterocycles. The van der Waals surface area contributed by atoms with E-state index < -0.39 is 0 Å². The highest BCUT2D eigenvalue weighted by atomic mass is 16.5. The molecule has 2 aromatic carbocycles. The van der Waals surface area contributed by atoms with Crippen molar-refractivity contribution in [1.29, 1.82) is 0 Å². The molecule has 3 nitrogen and oxygen atoms in total. The van der Waals surface area contributed by atoms with Crippen LogP contribution in [0.2, 0.25) is 0 Å². The number of Topliss-reactive ketones (excluding diaryl/α,β-unsaturated/α-hetero) is 1. The summed E-state index contributed by atoms with van der Waals surface area (Å²) in [4.78, 5) is 12.1. The van der Waals surface area contributed by atoms with E-state index in [0.717, 1.165) is 29.0 Å². The van der Waals surface area contributed by atoms with E-state index in [4.69, 9.17) is 9.47 Å². The smallest absolute Gasteiger partial charge is 0.163 e. The van der Waals surface area contributed by atoms with Gasteiger partial charge in [-0.2, -0.15) is 0 Å². The highest BCUT2D eigenvalue weighted by Gasteiger charge is 2.11. The van der Waals surface area contributed by atoms with Gasteiger partial charge in [0, 0.05) is 18.4 Å². The predicted octanol–water partition coefficient (Wildman–Crippen LogP) is 3.66. The van der Waals surface area contributed by atoms with Gasteiger partial charge in [-0.3, -0.25) is 4.79 Å². The highest BCUT2D eigenvalue weighted by Crippen LogP contribution is 2.30. The maximum absolute atomic E-state index is 12.1. The van der Waals surface area contributed by atoms with Gasteiger partial charge in [0.25, 0.3) is 0 Å². The minimum atomic E-state index is 0.169. The number of carbonyl (C=O) groups is 1. The minimum absolute atomic E-state index is 0.169. The van der Waals surface area contributed by atoms with E-state index >= 15 is 0 Å². The molecule has 0 radical (unpaired) electrons. The molecule has 0 aliphatic carbocycles. The van der Waals surface area contributed by atoms with Crippen LogP contribution in [-0.4, -0.2) is 19.0 Å². The third kappa shape index (κ3) is 3.43. The number of ketones is 1. The lowest BCUT2D eigenvalue weighted by molar-refractivity contribution is 0.0983. The largest absolute Gasteiger partial charge is 0.490 e. The van der Waals surface area contributed by atoms with Crippen molar-refractivity contribution < 1.29 is 14.3 Å². The Morgan fingerprint density at radius 3 is 2.52 bits per heavy atom. The number of rotatable bonds is 4. The normalized spacial score (nSPS) is 13.5. The zero-order valence-corrected chi connectivity index (χ0v) is 11.9. The molecule has 0 atom stereocenters. The summed E-state index contributed by atoms with van der Waals surface area (Å²) in [5.74, 6) is 1.76. The Morgan fingerprint density at radius 1 is 0.952 bits per heavy atom. The monoisotopic (exact) mass is 282 g/mol. The zero-order chi connectivity index (χ0) is 14.5. The summed E-state index contributed by atoms with van der Waals surface area (Å²) >= 11 is 0. The quantitative estimate of drug-likeness (QED) is 0.803. The second-order valence-corrected chi connectivity index (χ2v) is 5.12. The lowest BCUT2D eigenvalue weighted by Crippen LogP contribution is -2.01. The van der Waals surface area contributed by atoms with Crippen LogP contribution in [0.1, 0.15) is 28.8 Å². The lowest BCUT2D eigenvalue weighted by atomic mass is 10.0. The fourth-order valence-corrected chi connectivity index (χ4v) is 2.39. The standard InChI is InChI=1S/C18H18O3/c19-16(15-5-2-1-3-6-15)9-7-14-8-10-17-18(13-14)21-12-4-11-20-17/h1-3,5-6,8,10,13H,4,7,9,11-12H2. The van der Waals surface area contributed by atoms with E-state index in [2.05, 4.69) is 0 Å². The van der Waals surface area contributed by atoms with E-state index in [1.54, 1.807) is 0 Å². The van der Waals surface area contributed by atoms with Crippen molar-refractivity contribution in [3.8, 4) is 11.5 Å². The third-order valence-corrected chi connectivity index (χ3v) is 3.55. The van der Waals surface area contributed by atoms with Crippen LogP contribution in [0.4, 0.5) is 0 Å². The minimum Gasteiger partial charge on any atom is -0.490 e. The molecule has 0 fully saturated rings. The molecule has 0 saturated heterocycles. The first-order chi connectivity index (χ1) is 10.3. The van der Waals surface area contributed by atoms with Crippen LogP contribution in [0, 0.1) is 0 Å². The molecular formula is C18H18O3. The Balaban J connectivity index is 1.66. The second kappa shape index (κ2) is 6.44. The highest BCUT2D eigenvalue weighted by molar-refractivity contribution is 5.96. The van der Waals surface area contributed by atoms with Crippen molar-refractivity contribution in [1.82, 2.24) is 0 Å². The van der Waals surface area contributed by atoms with Crippen molar-refractivity contribution in [2.24, 2.45) is 0 Å². The lowest BCUT2D eigenvalue weighted by Gasteiger charge is -2.09. The maximum Gasteiger partial charge on any atom is 0.163 e. The first-order valence-corrected chi connectivity index (χ1v) is 7.30. The summed E-state index contributed by atoms with van der Waals surface area (Å²) in [6.45, 7) is 1.37. The molecular weight excluding hydrogens is 264 g/mol. The Bertz CT molecular complexity index is 620. The SMILES string of the molecule is O=C(CCc1ccc2c(c1)OCCCO2)c1ccccc1. The summed E-state index contributed by atoms with van der Waals surface area (Å²) < 4.78 is 11.3. The van der Waals surface area contributed by atoms with E-state index in [9.17, 15) is 4.79 Å². The Kier molecular flexibility index (Phi) is 4.20. The van der Waals surface area contributed by atoms with Gasteiger partial charge < -0.3 is 9.47 Å². The Morgan fingerprint density at radius 2 is 1.71 bits per heavy atom. The van der Waals surface area contributed by atoms with Crippen LogP contribution in [0.5, 0.6) is 11.5 Å². The summed E-state index contributed by atoms with van der Waals surface area (Å²) in [5.41, 5.74) is 1.87. The summed E-state index contributed by atoms with van der Waals surface area (Å²) in [6.07, 6.45) is 2.12. The molecule has 0 unspecified atom stereocenters. The van der Waals surface area contributed by atoms with Crippen LogP contribution >= 0.6 is 0 Å². The maximum atomic E-state index is 12.1. The number of benzene rings is 2. The van der Waals surface area contributed by atoms with E-state index in [-0.39, 0.29) is 5.78 Å². The molecule has 0 bridgehead atoms. The predicted molar refractivity (Wildman–Crippen MR) is 81.1 cm³/mol. The molecule has 0 aromatic heterocycles. The summed E-state index contributed by atoms with van der Waals surface area (Å²) in [7, 11) is 0. The van der Waals surface area contributed by atoms with Crippen LogP contribution in [0.15, 0.2) is 48.5 Å². The van der Waals surface area contributed by atoms with Gasteiger partial charge in [0.05, 0.1) is 13.2 Å². The number of hydrogen-bond donors (Lipinski definition) is 0. The molecule has 3 heteroatoms. The van der Waals surface area contributed by atoms with Crippen molar-refractivity contribution in [2.45, 2.75) is 19.3 Å². The Hall–Kier alpha value is -2.29. The first kappa shape index (κ1) is 13.7. The molecule has 0 N–H and O–H groups in total. The third-order valence-electron chi connectivity index (χ3n) is 3.55. The van der Waals surface area contributed by atoms with Crippen LogP contribution in [-0.2, 0) is 6.42 Å². The van der Waals surface area contributed by atoms with Crippen molar-refractivity contribution >= 4 is 5.78 Å². The average Bonchev–Trinajstić information content (AvgIpc) is 2.78. The van der Waals surface area contributed by atoms with Gasteiger partial charge in [-0.05, 0) is 24.1 Å². The summed E-state index contributed by atoms with van der Waals surface area (Å²) in [6, 6.07) is 15.3. The fraction of sp³-hybridized carbons (Fsp3) is 0.278. The van der Waals surface area contributed by atoms with Gasteiger partial charge in [0.15, 0.2) is 17.3 Å². The van der Waals surface area contributed by atoms with Crippen molar-refractivity contribution in [2.75, 3.05) is 13.2 Å². The van der Waals surface area contributed by atoms with Gasteiger partial charge in [-0.15, -0.1) is 0 Å². The zero-order valence-electron chi connectivity index (χ0n) is 11.9. The Labute approximate surface area is 124 Å². The number of ether oxygens (including phenoxy) is 2. The molecule has 0 spiro atoms. The molecule has 1 aliphatic rings. The van der Waals surface area contributed by atoms with Crippen LogP contribution in [0.25, 0.3) is 0 Å². The summed E-state index contributed by atoms with van der Waals surface area (Å²) in [5, 5.41) is 0. The fourth-order valence-electron chi connectivity index (χ4n) is 2.39. The average molecular weight is 282 g/mol. The molecule has 0 saturated carbocycles. The topological polar surface area (TPSA) is 35.5 Å². The van der Waals surface area contributed by atoms with Gasteiger partial charge in [-0.25, -0.2) is 0 Å². The number of carbonyl (C=O) groups excluding carboxylic acids is 1. The van der Waals surface area contributed by atoms with Crippen LogP contribution in [0.3, 0.4) is 0 Å². The molecule has 21 heavy (non-hydrogen) atoms. The van der Waals surface area contributed by atoms with Crippen LogP contribution < -0.4 is 9.47 Å². The molecule has 2 aromatic rings. The van der Waals surface area contributed by atoms with Gasteiger partial charge in [-0.1, -0.05) is 36.4 Å². The van der Waals surface area contributed by atoms with Crippen molar-refractivity contribution in [3.05, 3.63) is 59.7 Å². The number of hydrogen-bond acceptors (Lipinski definition) is 3.